The van der Waals surface area contributed by atoms with Gasteiger partial charge in [0.05, 0.1) is 12.2 Å². The molecular weight excluding hydrogens is 400 g/mol. The molecule has 2 aromatic rings. The number of hydrogen-bond acceptors (Lipinski definition) is 4. The van der Waals surface area contributed by atoms with E-state index in [1.807, 2.05) is 55.5 Å². The Kier molecular flexibility index (Phi) is 10.8. The second-order valence-corrected chi connectivity index (χ2v) is 7.54. The minimum Gasteiger partial charge on any atom is -0.468 e. The summed E-state index contributed by atoms with van der Waals surface area (Å²) in [6.07, 6.45) is 7.97. The highest BCUT2D eigenvalue weighted by atomic mass is 16.7. The van der Waals surface area contributed by atoms with Crippen molar-refractivity contribution >= 4 is 0 Å². The third kappa shape index (κ3) is 7.70. The highest BCUT2D eigenvalue weighted by Crippen LogP contribution is 2.31. The summed E-state index contributed by atoms with van der Waals surface area (Å²) >= 11 is 0. The lowest BCUT2D eigenvalue weighted by Crippen LogP contribution is -2.13. The number of rotatable bonds is 13. The average Bonchev–Trinajstić information content (AvgIpc) is 2.79. The summed E-state index contributed by atoms with van der Waals surface area (Å²) in [6, 6.07) is 14.1. The molecule has 0 saturated heterocycles. The van der Waals surface area contributed by atoms with Crippen LogP contribution < -0.4 is 4.74 Å². The van der Waals surface area contributed by atoms with Crippen molar-refractivity contribution in [2.24, 2.45) is 0 Å². The van der Waals surface area contributed by atoms with Gasteiger partial charge >= 0.3 is 0 Å². The number of benzene rings is 2. The first kappa shape index (κ1) is 25.4. The van der Waals surface area contributed by atoms with Crippen LogP contribution in [0.2, 0.25) is 0 Å². The predicted molar refractivity (Wildman–Crippen MR) is 131 cm³/mol. The van der Waals surface area contributed by atoms with Crippen LogP contribution in [0.3, 0.4) is 0 Å². The van der Waals surface area contributed by atoms with Gasteiger partial charge in [0, 0.05) is 0 Å². The Hall–Kier alpha value is -2.82. The number of hydrogen-bond donors (Lipinski definition) is 0. The zero-order valence-corrected chi connectivity index (χ0v) is 20.0. The van der Waals surface area contributed by atoms with Crippen molar-refractivity contribution in [3.05, 3.63) is 101 Å². The van der Waals surface area contributed by atoms with Crippen molar-refractivity contribution in [1.29, 1.82) is 0 Å². The molecule has 0 amide bonds. The van der Waals surface area contributed by atoms with Crippen LogP contribution in [0, 0.1) is 6.92 Å². The topological polar surface area (TPSA) is 36.9 Å². The average molecular weight is 437 g/mol. The van der Waals surface area contributed by atoms with E-state index < -0.39 is 0 Å². The zero-order valence-electron chi connectivity index (χ0n) is 20.0. The summed E-state index contributed by atoms with van der Waals surface area (Å²) in [7, 11) is 0. The maximum Gasteiger partial charge on any atom is 0.189 e. The van der Waals surface area contributed by atoms with E-state index in [9.17, 15) is 0 Å². The van der Waals surface area contributed by atoms with Gasteiger partial charge in [-0.3, -0.25) is 0 Å². The fraction of sp³-hybridized carbons (Fsp3) is 0.357. The van der Waals surface area contributed by atoms with E-state index in [4.69, 9.17) is 18.9 Å². The predicted octanol–water partition coefficient (Wildman–Crippen LogP) is 7.37. The van der Waals surface area contributed by atoms with Crippen molar-refractivity contribution < 1.29 is 18.9 Å². The Morgan fingerprint density at radius 1 is 1.00 bits per heavy atom. The van der Waals surface area contributed by atoms with E-state index in [0.717, 1.165) is 29.1 Å². The molecule has 0 bridgehead atoms. The minimum absolute atomic E-state index is 0.104. The highest BCUT2D eigenvalue weighted by molar-refractivity contribution is 5.41. The molecule has 0 fully saturated rings. The third-order valence-electron chi connectivity index (χ3n) is 5.14. The highest BCUT2D eigenvalue weighted by Gasteiger charge is 2.19. The quantitative estimate of drug-likeness (QED) is 0.187. The van der Waals surface area contributed by atoms with Crippen molar-refractivity contribution in [2.45, 2.75) is 53.2 Å². The van der Waals surface area contributed by atoms with Gasteiger partial charge in [-0.25, -0.2) is 0 Å². The molecule has 4 heteroatoms. The molecule has 0 aromatic heterocycles. The summed E-state index contributed by atoms with van der Waals surface area (Å²) in [5, 5.41) is 0. The lowest BCUT2D eigenvalue weighted by atomic mass is 9.91. The summed E-state index contributed by atoms with van der Waals surface area (Å²) < 4.78 is 23.5. The van der Waals surface area contributed by atoms with E-state index >= 15 is 0 Å². The fourth-order valence-electron chi connectivity index (χ4n) is 3.54. The van der Waals surface area contributed by atoms with Crippen LogP contribution in [0.25, 0.3) is 0 Å². The zero-order chi connectivity index (χ0) is 23.3. The summed E-state index contributed by atoms with van der Waals surface area (Å²) in [5.74, 6) is 1.51. The van der Waals surface area contributed by atoms with Crippen molar-refractivity contribution in [2.75, 3.05) is 13.6 Å². The molecule has 0 aliphatic rings. The molecule has 0 aliphatic heterocycles. The third-order valence-corrected chi connectivity index (χ3v) is 5.14. The Morgan fingerprint density at radius 3 is 2.19 bits per heavy atom. The summed E-state index contributed by atoms with van der Waals surface area (Å²) in [6.45, 7) is 14.4. The molecule has 0 aliphatic carbocycles. The lowest BCUT2D eigenvalue weighted by molar-refractivity contribution is -0.0580. The monoisotopic (exact) mass is 436 g/mol. The second-order valence-electron chi connectivity index (χ2n) is 7.54. The van der Waals surface area contributed by atoms with E-state index in [2.05, 4.69) is 46.4 Å². The largest absolute Gasteiger partial charge is 0.468 e. The van der Waals surface area contributed by atoms with Crippen LogP contribution in [0.5, 0.6) is 5.75 Å². The molecule has 0 radical (unpaired) electrons. The van der Waals surface area contributed by atoms with Crippen molar-refractivity contribution in [3.8, 4) is 5.75 Å². The van der Waals surface area contributed by atoms with E-state index in [1.54, 1.807) is 6.08 Å². The van der Waals surface area contributed by atoms with E-state index in [-0.39, 0.29) is 25.8 Å². The molecule has 0 saturated carbocycles. The molecule has 2 unspecified atom stereocenters. The molecule has 0 heterocycles. The molecule has 172 valence electrons. The maximum absolute atomic E-state index is 6.03. The van der Waals surface area contributed by atoms with Crippen molar-refractivity contribution in [3.63, 3.8) is 0 Å². The van der Waals surface area contributed by atoms with Gasteiger partial charge in [0.15, 0.2) is 13.6 Å². The Labute approximate surface area is 193 Å². The first-order chi connectivity index (χ1) is 15.5. The molecule has 2 aromatic carbocycles. The van der Waals surface area contributed by atoms with Gasteiger partial charge in [0.25, 0.3) is 0 Å². The molecule has 0 spiro atoms. The number of allylic oxidation sites excluding steroid dienone is 4. The fourth-order valence-corrected chi connectivity index (χ4v) is 3.54. The smallest absolute Gasteiger partial charge is 0.189 e. The normalized spacial score (nSPS) is 13.7. The summed E-state index contributed by atoms with van der Waals surface area (Å²) in [4.78, 5) is 0. The number of ether oxygens (including phenoxy) is 4. The molecule has 32 heavy (non-hydrogen) atoms. The second kappa shape index (κ2) is 13.6. The lowest BCUT2D eigenvalue weighted by Gasteiger charge is -2.24. The van der Waals surface area contributed by atoms with Gasteiger partial charge in [-0.15, -0.1) is 0 Å². The molecule has 2 atom stereocenters. The van der Waals surface area contributed by atoms with Crippen LogP contribution in [0.4, 0.5) is 0 Å². The molecule has 4 nitrogen and oxygen atoms in total. The van der Waals surface area contributed by atoms with Crippen LogP contribution in [-0.2, 0) is 20.6 Å². The first-order valence-electron chi connectivity index (χ1n) is 11.1. The Balaban J connectivity index is 2.07. The molecule has 2 rings (SSSR count). The SMILES string of the molecule is C=C/C=C(\C=C/C)OCOC(C)c1cc(C)cc(C(C)OCOc2ccccc2)c1CC. The van der Waals surface area contributed by atoms with Crippen LogP contribution in [0.1, 0.15) is 62.2 Å². The summed E-state index contributed by atoms with van der Waals surface area (Å²) in [5.41, 5.74) is 4.73. The van der Waals surface area contributed by atoms with Crippen molar-refractivity contribution in [1.82, 2.24) is 0 Å². The van der Waals surface area contributed by atoms with Gasteiger partial charge in [-0.2, -0.15) is 0 Å². The van der Waals surface area contributed by atoms with Crippen LogP contribution in [-0.4, -0.2) is 13.6 Å². The number of para-hydroxylation sites is 1. The van der Waals surface area contributed by atoms with Gasteiger partial charge in [0.2, 0.25) is 0 Å². The van der Waals surface area contributed by atoms with Gasteiger partial charge in [-0.05, 0) is 75.1 Å². The van der Waals surface area contributed by atoms with Crippen LogP contribution >= 0.6 is 0 Å². The Bertz CT molecular complexity index is 899. The standard InChI is InChI=1S/C28H36O4/c1-7-13-24(14-8-2)31-19-29-22(5)27-17-21(4)18-28(26(27)9-3)23(6)30-20-32-25-15-11-10-12-16-25/h7-8,10-18,22-23H,1,9,19-20H2,2-6H3/b14-8-,24-13+. The minimum atomic E-state index is -0.119. The van der Waals surface area contributed by atoms with Gasteiger partial charge in [0.1, 0.15) is 11.5 Å². The van der Waals surface area contributed by atoms with Gasteiger partial charge in [-0.1, -0.05) is 61.5 Å². The van der Waals surface area contributed by atoms with Crippen LogP contribution in [0.15, 0.2) is 79.1 Å². The van der Waals surface area contributed by atoms with Gasteiger partial charge < -0.3 is 18.9 Å². The molecule has 0 N–H and O–H groups in total. The first-order valence-corrected chi connectivity index (χ1v) is 11.1. The maximum atomic E-state index is 6.03. The van der Waals surface area contributed by atoms with E-state index in [1.165, 1.54) is 11.1 Å². The number of aryl methyl sites for hydroxylation is 1. The van der Waals surface area contributed by atoms with E-state index in [0.29, 0.717) is 0 Å². The molecular formula is C28H36O4. The Morgan fingerprint density at radius 2 is 1.62 bits per heavy atom.